The van der Waals surface area contributed by atoms with Crippen LogP contribution in [0.3, 0.4) is 0 Å². The zero-order valence-corrected chi connectivity index (χ0v) is 19.3. The number of benzene rings is 1. The lowest BCUT2D eigenvalue weighted by atomic mass is 10.2. The van der Waals surface area contributed by atoms with E-state index in [-0.39, 0.29) is 18.1 Å². The zero-order valence-electron chi connectivity index (χ0n) is 19.3. The van der Waals surface area contributed by atoms with E-state index in [0.29, 0.717) is 12.6 Å². The summed E-state index contributed by atoms with van der Waals surface area (Å²) < 4.78 is 5.82. The highest BCUT2D eigenvalue weighted by Crippen LogP contribution is 2.24. The number of ether oxygens (including phenoxy) is 1. The molecule has 2 aromatic rings. The second-order valence-corrected chi connectivity index (χ2v) is 9.03. The van der Waals surface area contributed by atoms with Crippen LogP contribution in [0.4, 0.5) is 17.2 Å². The van der Waals surface area contributed by atoms with Crippen LogP contribution in [0, 0.1) is 0 Å². The Morgan fingerprint density at radius 3 is 2.62 bits per heavy atom. The summed E-state index contributed by atoms with van der Waals surface area (Å²) in [6.07, 6.45) is 4.37. The van der Waals surface area contributed by atoms with E-state index in [0.717, 1.165) is 56.2 Å². The highest BCUT2D eigenvalue weighted by Gasteiger charge is 2.27. The van der Waals surface area contributed by atoms with Crippen LogP contribution in [0.2, 0.25) is 0 Å². The van der Waals surface area contributed by atoms with Crippen molar-refractivity contribution in [1.82, 2.24) is 15.1 Å². The van der Waals surface area contributed by atoms with Gasteiger partial charge in [0.05, 0.1) is 18.8 Å². The second kappa shape index (κ2) is 10.3. The molecule has 3 heterocycles. The monoisotopic (exact) mass is 438 g/mol. The Labute approximate surface area is 190 Å². The molecule has 8 heteroatoms. The molecule has 32 heavy (non-hydrogen) atoms. The lowest BCUT2D eigenvalue weighted by Gasteiger charge is -2.36. The molecular formula is C24H34N6O2. The minimum Gasteiger partial charge on any atom is -0.372 e. The molecule has 2 aliphatic rings. The molecule has 0 radical (unpaired) electrons. The van der Waals surface area contributed by atoms with Gasteiger partial charge < -0.3 is 19.9 Å². The van der Waals surface area contributed by atoms with Crippen molar-refractivity contribution in [1.29, 1.82) is 0 Å². The molecule has 0 spiro atoms. The maximum Gasteiger partial charge on any atom is 0.238 e. The lowest BCUT2D eigenvalue weighted by Crippen LogP contribution is -2.45. The number of hydrogen-bond acceptors (Lipinski definition) is 7. The van der Waals surface area contributed by atoms with Crippen molar-refractivity contribution < 1.29 is 9.53 Å². The standard InChI is InChI=1S/C24H34N6O2/c1-18-14-29(15-19(2)32-18)21-10-8-20(9-11-21)26-24(31)17-28(3)16-22-6-5-13-30(22)23-7-4-12-25-27-23/h4,7-12,18-19,22H,5-6,13-17H2,1-3H3,(H,26,31). The highest BCUT2D eigenvalue weighted by atomic mass is 16.5. The summed E-state index contributed by atoms with van der Waals surface area (Å²) in [6.45, 7) is 8.12. The van der Waals surface area contributed by atoms with Gasteiger partial charge in [0, 0.05) is 49.8 Å². The predicted octanol–water partition coefficient (Wildman–Crippen LogP) is 2.63. The smallest absolute Gasteiger partial charge is 0.238 e. The van der Waals surface area contributed by atoms with Gasteiger partial charge >= 0.3 is 0 Å². The third-order valence-corrected chi connectivity index (χ3v) is 6.10. The van der Waals surface area contributed by atoms with Crippen LogP contribution in [0.15, 0.2) is 42.6 Å². The molecule has 0 bridgehead atoms. The molecule has 4 rings (SSSR count). The number of nitrogens with one attached hydrogen (secondary N) is 1. The first kappa shape index (κ1) is 22.5. The number of rotatable bonds is 7. The van der Waals surface area contributed by atoms with Gasteiger partial charge in [-0.05, 0) is 70.1 Å². The molecule has 1 amide bonds. The molecule has 3 atom stereocenters. The Kier molecular flexibility index (Phi) is 7.22. The Hall–Kier alpha value is -2.71. The van der Waals surface area contributed by atoms with E-state index in [1.807, 2.05) is 31.3 Å². The fourth-order valence-electron chi connectivity index (χ4n) is 4.79. The van der Waals surface area contributed by atoms with Crippen LogP contribution in [-0.4, -0.2) is 79.0 Å². The van der Waals surface area contributed by atoms with Gasteiger partial charge in [-0.1, -0.05) is 0 Å². The number of carbonyl (C=O) groups is 1. The average Bonchev–Trinajstić information content (AvgIpc) is 3.22. The van der Waals surface area contributed by atoms with Crippen LogP contribution in [0.5, 0.6) is 0 Å². The first-order chi connectivity index (χ1) is 15.5. The van der Waals surface area contributed by atoms with Crippen LogP contribution in [0.1, 0.15) is 26.7 Å². The summed E-state index contributed by atoms with van der Waals surface area (Å²) in [5.74, 6) is 0.912. The molecule has 172 valence electrons. The highest BCUT2D eigenvalue weighted by molar-refractivity contribution is 5.92. The fourth-order valence-corrected chi connectivity index (χ4v) is 4.79. The van der Waals surface area contributed by atoms with Crippen molar-refractivity contribution in [3.63, 3.8) is 0 Å². The van der Waals surface area contributed by atoms with E-state index in [9.17, 15) is 4.79 Å². The van der Waals surface area contributed by atoms with E-state index < -0.39 is 0 Å². The Bertz CT molecular complexity index is 868. The van der Waals surface area contributed by atoms with Gasteiger partial charge in [0.2, 0.25) is 5.91 Å². The first-order valence-electron chi connectivity index (χ1n) is 11.5. The number of morpholine rings is 1. The van der Waals surface area contributed by atoms with Crippen molar-refractivity contribution in [3.8, 4) is 0 Å². The Morgan fingerprint density at radius 2 is 1.94 bits per heavy atom. The molecule has 2 saturated heterocycles. The average molecular weight is 439 g/mol. The van der Waals surface area contributed by atoms with Crippen molar-refractivity contribution in [2.45, 2.75) is 44.9 Å². The number of carbonyl (C=O) groups excluding carboxylic acids is 1. The fraction of sp³-hybridized carbons (Fsp3) is 0.542. The van der Waals surface area contributed by atoms with Crippen molar-refractivity contribution in [3.05, 3.63) is 42.6 Å². The molecule has 8 nitrogen and oxygen atoms in total. The van der Waals surface area contributed by atoms with Crippen molar-refractivity contribution >= 4 is 23.1 Å². The number of aromatic nitrogens is 2. The molecule has 1 N–H and O–H groups in total. The number of nitrogens with zero attached hydrogens (tertiary/aromatic N) is 5. The second-order valence-electron chi connectivity index (χ2n) is 9.03. The quantitative estimate of drug-likeness (QED) is 0.712. The van der Waals surface area contributed by atoms with E-state index in [1.54, 1.807) is 6.20 Å². The van der Waals surface area contributed by atoms with Gasteiger partial charge in [0.15, 0.2) is 5.82 Å². The van der Waals surface area contributed by atoms with E-state index in [4.69, 9.17) is 4.74 Å². The van der Waals surface area contributed by atoms with Crippen molar-refractivity contribution in [2.24, 2.45) is 0 Å². The Balaban J connectivity index is 1.27. The zero-order chi connectivity index (χ0) is 22.5. The topological polar surface area (TPSA) is 73.8 Å². The molecule has 0 saturated carbocycles. The van der Waals surface area contributed by atoms with Crippen LogP contribution in [-0.2, 0) is 9.53 Å². The molecule has 0 aliphatic carbocycles. The first-order valence-corrected chi connectivity index (χ1v) is 11.5. The number of anilines is 3. The van der Waals surface area contributed by atoms with E-state index in [2.05, 4.69) is 56.2 Å². The molecule has 2 aliphatic heterocycles. The maximum absolute atomic E-state index is 12.6. The van der Waals surface area contributed by atoms with E-state index in [1.165, 1.54) is 0 Å². The van der Waals surface area contributed by atoms with Crippen LogP contribution in [0.25, 0.3) is 0 Å². The SMILES string of the molecule is CC1CN(c2ccc(NC(=O)CN(C)CC3CCCN3c3cccnn3)cc2)CC(C)O1. The van der Waals surface area contributed by atoms with Gasteiger partial charge in [-0.3, -0.25) is 9.69 Å². The van der Waals surface area contributed by atoms with Gasteiger partial charge in [0.1, 0.15) is 0 Å². The molecule has 1 aromatic carbocycles. The van der Waals surface area contributed by atoms with Gasteiger partial charge in [-0.2, -0.15) is 5.10 Å². The normalized spacial score (nSPS) is 23.6. The molecular weight excluding hydrogens is 404 g/mol. The molecule has 1 aromatic heterocycles. The van der Waals surface area contributed by atoms with Gasteiger partial charge in [0.25, 0.3) is 0 Å². The number of amides is 1. The third kappa shape index (κ3) is 5.75. The summed E-state index contributed by atoms with van der Waals surface area (Å²) in [6, 6.07) is 12.4. The van der Waals surface area contributed by atoms with Crippen molar-refractivity contribution in [2.75, 3.05) is 54.9 Å². The predicted molar refractivity (Wildman–Crippen MR) is 127 cm³/mol. The minimum atomic E-state index is -0.00193. The largest absolute Gasteiger partial charge is 0.372 e. The third-order valence-electron chi connectivity index (χ3n) is 6.10. The maximum atomic E-state index is 12.6. The molecule has 2 fully saturated rings. The summed E-state index contributed by atoms with van der Waals surface area (Å²) in [5.41, 5.74) is 1.98. The van der Waals surface area contributed by atoms with Crippen LogP contribution >= 0.6 is 0 Å². The lowest BCUT2D eigenvalue weighted by molar-refractivity contribution is -0.117. The summed E-state index contributed by atoms with van der Waals surface area (Å²) in [7, 11) is 2.00. The summed E-state index contributed by atoms with van der Waals surface area (Å²) >= 11 is 0. The van der Waals surface area contributed by atoms with Crippen LogP contribution < -0.4 is 15.1 Å². The summed E-state index contributed by atoms with van der Waals surface area (Å²) in [4.78, 5) is 19.3. The number of likely N-dealkylation sites (N-methyl/N-ethyl adjacent to an activating group) is 1. The van der Waals surface area contributed by atoms with Gasteiger partial charge in [-0.15, -0.1) is 5.10 Å². The van der Waals surface area contributed by atoms with E-state index >= 15 is 0 Å². The molecule has 3 unspecified atom stereocenters. The number of hydrogen-bond donors (Lipinski definition) is 1. The summed E-state index contributed by atoms with van der Waals surface area (Å²) in [5, 5.41) is 11.3. The Morgan fingerprint density at radius 1 is 1.19 bits per heavy atom. The minimum absolute atomic E-state index is 0.00193. The van der Waals surface area contributed by atoms with Gasteiger partial charge in [-0.25, -0.2) is 0 Å².